The number of aromatic carboxylic acids is 1. The maximum atomic E-state index is 13.7. The van der Waals surface area contributed by atoms with Crippen LogP contribution in [0, 0.1) is 19.3 Å². The number of pyridine rings is 2. The number of carbonyl (C=O) groups excluding carboxylic acids is 2. The standard InChI is InChI=1S/C35H37N5O6.C2H6/c1-5-35(13-16-45-4)19-39(20-35)31-27(17-21(2)22(3)37-31)32(41)38-25-10-8-23(9-11-25)33(42)40-15-12-24-18-28(34(43)44)46-29(24)26-7-6-14-36-30(26)40;1-2/h6-11,14,17-18H,5,12-13,15-16,19-20H2,1-4H3,(H,38,41)(H,43,44);1-2H3. The van der Waals surface area contributed by atoms with Crippen LogP contribution in [0.2, 0.25) is 0 Å². The molecule has 5 heterocycles. The molecule has 252 valence electrons. The van der Waals surface area contributed by atoms with Crippen molar-refractivity contribution in [1.29, 1.82) is 0 Å². The number of fused-ring (bicyclic) bond motifs is 3. The van der Waals surface area contributed by atoms with Gasteiger partial charge in [-0.15, -0.1) is 0 Å². The molecule has 1 fully saturated rings. The first kappa shape index (κ1) is 34.3. The number of carboxylic acid groups (broad SMARTS) is 1. The lowest BCUT2D eigenvalue weighted by Gasteiger charge is -2.51. The van der Waals surface area contributed by atoms with E-state index in [4.69, 9.17) is 14.1 Å². The van der Waals surface area contributed by atoms with Crippen molar-refractivity contribution in [2.45, 2.75) is 53.9 Å². The number of methoxy groups -OCH3 is 1. The molecule has 2 amide bonds. The Morgan fingerprint density at radius 2 is 1.79 bits per heavy atom. The molecule has 0 spiro atoms. The van der Waals surface area contributed by atoms with Gasteiger partial charge in [0.2, 0.25) is 5.76 Å². The third kappa shape index (κ3) is 6.68. The van der Waals surface area contributed by atoms with Crippen molar-refractivity contribution in [1.82, 2.24) is 9.97 Å². The van der Waals surface area contributed by atoms with Gasteiger partial charge in [0.05, 0.1) is 11.1 Å². The summed E-state index contributed by atoms with van der Waals surface area (Å²) in [6.45, 7) is 12.7. The van der Waals surface area contributed by atoms with Gasteiger partial charge in [-0.2, -0.15) is 0 Å². The molecule has 2 aliphatic heterocycles. The average molecular weight is 654 g/mol. The van der Waals surface area contributed by atoms with Crippen LogP contribution >= 0.6 is 0 Å². The molecule has 1 aromatic carbocycles. The first-order valence-electron chi connectivity index (χ1n) is 16.4. The smallest absolute Gasteiger partial charge is 0.371 e. The summed E-state index contributed by atoms with van der Waals surface area (Å²) in [6.07, 6.45) is 3.97. The number of nitrogens with zero attached hydrogens (tertiary/aromatic N) is 4. The van der Waals surface area contributed by atoms with Gasteiger partial charge in [0.1, 0.15) is 17.4 Å². The van der Waals surface area contributed by atoms with Gasteiger partial charge in [-0.25, -0.2) is 14.8 Å². The van der Waals surface area contributed by atoms with E-state index in [1.165, 1.54) is 6.07 Å². The molecule has 4 aromatic rings. The lowest BCUT2D eigenvalue weighted by atomic mass is 9.74. The topological polar surface area (TPSA) is 138 Å². The number of benzene rings is 1. The van der Waals surface area contributed by atoms with Crippen molar-refractivity contribution in [3.05, 3.63) is 88.4 Å². The number of ether oxygens (including phenoxy) is 1. The zero-order chi connectivity index (χ0) is 34.6. The van der Waals surface area contributed by atoms with E-state index in [0.717, 1.165) is 37.2 Å². The second-order valence-electron chi connectivity index (χ2n) is 12.1. The predicted molar refractivity (Wildman–Crippen MR) is 185 cm³/mol. The average Bonchev–Trinajstić information content (AvgIpc) is 3.45. The normalized spacial score (nSPS) is 14.5. The number of carbonyl (C=O) groups is 3. The highest BCUT2D eigenvalue weighted by atomic mass is 16.5. The summed E-state index contributed by atoms with van der Waals surface area (Å²) in [5, 5.41) is 12.4. The summed E-state index contributed by atoms with van der Waals surface area (Å²) in [6, 6.07) is 13.6. The van der Waals surface area contributed by atoms with E-state index in [1.807, 2.05) is 33.8 Å². The minimum Gasteiger partial charge on any atom is -0.475 e. The number of anilines is 3. The molecule has 1 saturated heterocycles. The van der Waals surface area contributed by atoms with Crippen LogP contribution in [-0.4, -0.2) is 66.2 Å². The number of aryl methyl sites for hydroxylation is 2. The number of furan rings is 1. The third-order valence-electron chi connectivity index (χ3n) is 9.18. The Hall–Kier alpha value is -5.03. The van der Waals surface area contributed by atoms with Crippen molar-refractivity contribution in [2.75, 3.05) is 48.5 Å². The van der Waals surface area contributed by atoms with Crippen molar-refractivity contribution < 1.29 is 28.6 Å². The van der Waals surface area contributed by atoms with Gasteiger partial charge in [-0.1, -0.05) is 20.8 Å². The number of nitrogens with one attached hydrogen (secondary N) is 1. The Balaban J connectivity index is 0.00000221. The summed E-state index contributed by atoms with van der Waals surface area (Å²) >= 11 is 0. The van der Waals surface area contributed by atoms with Gasteiger partial charge in [0.25, 0.3) is 11.8 Å². The van der Waals surface area contributed by atoms with Gasteiger partial charge in [0, 0.05) is 67.5 Å². The lowest BCUT2D eigenvalue weighted by molar-refractivity contribution is 0.0663. The summed E-state index contributed by atoms with van der Waals surface area (Å²) in [5.41, 5.74) is 4.70. The van der Waals surface area contributed by atoms with Crippen molar-refractivity contribution in [2.24, 2.45) is 5.41 Å². The zero-order valence-electron chi connectivity index (χ0n) is 28.4. The molecule has 2 aliphatic rings. The fraction of sp³-hybridized carbons (Fsp3) is 0.378. The molecular weight excluding hydrogens is 610 g/mol. The molecule has 0 saturated carbocycles. The Kier molecular flexibility index (Phi) is 10.3. The molecule has 0 aliphatic carbocycles. The van der Waals surface area contributed by atoms with E-state index in [1.54, 1.807) is 54.6 Å². The number of hydrogen-bond acceptors (Lipinski definition) is 8. The molecule has 48 heavy (non-hydrogen) atoms. The zero-order valence-corrected chi connectivity index (χ0v) is 28.4. The highest BCUT2D eigenvalue weighted by Gasteiger charge is 2.43. The van der Waals surface area contributed by atoms with E-state index in [-0.39, 0.29) is 29.5 Å². The Morgan fingerprint density at radius 3 is 2.46 bits per heavy atom. The van der Waals surface area contributed by atoms with Crippen LogP contribution in [0.5, 0.6) is 0 Å². The molecule has 0 atom stereocenters. The molecular formula is C37H43N5O6. The quantitative estimate of drug-likeness (QED) is 0.200. The second kappa shape index (κ2) is 14.4. The molecule has 0 unspecified atom stereocenters. The van der Waals surface area contributed by atoms with E-state index < -0.39 is 5.97 Å². The molecule has 11 heteroatoms. The van der Waals surface area contributed by atoms with Crippen LogP contribution in [0.15, 0.2) is 59.1 Å². The number of amides is 2. The van der Waals surface area contributed by atoms with Crippen LogP contribution in [0.1, 0.15) is 81.7 Å². The second-order valence-corrected chi connectivity index (χ2v) is 12.1. The molecule has 0 bridgehead atoms. The summed E-state index contributed by atoms with van der Waals surface area (Å²) in [7, 11) is 1.72. The minimum atomic E-state index is -1.15. The van der Waals surface area contributed by atoms with Gasteiger partial charge in [-0.3, -0.25) is 14.5 Å². The van der Waals surface area contributed by atoms with Gasteiger partial charge in [0.15, 0.2) is 0 Å². The summed E-state index contributed by atoms with van der Waals surface area (Å²) in [4.78, 5) is 51.9. The number of hydrogen-bond donors (Lipinski definition) is 2. The van der Waals surface area contributed by atoms with E-state index in [2.05, 4.69) is 22.1 Å². The van der Waals surface area contributed by atoms with Crippen LogP contribution in [0.3, 0.4) is 0 Å². The number of aromatic nitrogens is 2. The van der Waals surface area contributed by atoms with Crippen molar-refractivity contribution in [3.8, 4) is 11.3 Å². The number of rotatable bonds is 9. The van der Waals surface area contributed by atoms with E-state index in [0.29, 0.717) is 58.4 Å². The SMILES string of the molecule is CC.CCC1(CCOC)CN(c2nc(C)c(C)cc2C(=O)Nc2ccc(C(=O)N3CCc4cc(C(=O)O)oc4-c4cccnc43)cc2)C1. The summed E-state index contributed by atoms with van der Waals surface area (Å²) in [5.74, 6) is -0.366. The maximum absolute atomic E-state index is 13.7. The van der Waals surface area contributed by atoms with E-state index >= 15 is 0 Å². The molecule has 6 rings (SSSR count). The van der Waals surface area contributed by atoms with Gasteiger partial charge < -0.3 is 24.5 Å². The monoisotopic (exact) mass is 653 g/mol. The molecule has 11 nitrogen and oxygen atoms in total. The predicted octanol–water partition coefficient (Wildman–Crippen LogP) is 6.79. The van der Waals surface area contributed by atoms with Gasteiger partial charge in [-0.05, 0) is 87.2 Å². The first-order chi connectivity index (χ1) is 23.1. The highest BCUT2D eigenvalue weighted by molar-refractivity contribution is 6.09. The first-order valence-corrected chi connectivity index (χ1v) is 16.4. The Labute approximate surface area is 280 Å². The van der Waals surface area contributed by atoms with E-state index in [9.17, 15) is 19.5 Å². The van der Waals surface area contributed by atoms with Gasteiger partial charge >= 0.3 is 5.97 Å². The van der Waals surface area contributed by atoms with Crippen LogP contribution < -0.4 is 15.1 Å². The van der Waals surface area contributed by atoms with Crippen molar-refractivity contribution >= 4 is 35.1 Å². The fourth-order valence-corrected chi connectivity index (χ4v) is 6.21. The van der Waals surface area contributed by atoms with Crippen LogP contribution in [0.25, 0.3) is 11.3 Å². The third-order valence-corrected chi connectivity index (χ3v) is 9.18. The number of carboxylic acids is 1. The Morgan fingerprint density at radius 1 is 1.06 bits per heavy atom. The Bertz CT molecular complexity index is 1810. The summed E-state index contributed by atoms with van der Waals surface area (Å²) < 4.78 is 11.0. The lowest BCUT2D eigenvalue weighted by Crippen LogP contribution is -2.57. The van der Waals surface area contributed by atoms with Crippen molar-refractivity contribution in [3.63, 3.8) is 0 Å². The maximum Gasteiger partial charge on any atom is 0.371 e. The highest BCUT2D eigenvalue weighted by Crippen LogP contribution is 2.41. The molecule has 2 N–H and O–H groups in total. The van der Waals surface area contributed by atoms with Crippen LogP contribution in [-0.2, 0) is 11.2 Å². The molecule has 0 radical (unpaired) electrons. The fourth-order valence-electron chi connectivity index (χ4n) is 6.21. The molecule has 3 aromatic heterocycles. The largest absolute Gasteiger partial charge is 0.475 e. The van der Waals surface area contributed by atoms with Crippen LogP contribution in [0.4, 0.5) is 17.3 Å². The minimum absolute atomic E-state index is 0.150.